The van der Waals surface area contributed by atoms with Gasteiger partial charge in [0, 0.05) is 18.4 Å². The van der Waals surface area contributed by atoms with Crippen LogP contribution in [0.4, 0.5) is 0 Å². The number of hydrogen-bond acceptors (Lipinski definition) is 5. The lowest BCUT2D eigenvalue weighted by Crippen LogP contribution is -2.28. The van der Waals surface area contributed by atoms with Crippen LogP contribution in [-0.4, -0.2) is 34.7 Å². The molecule has 0 aliphatic heterocycles. The highest BCUT2D eigenvalue weighted by Crippen LogP contribution is 2.17. The Labute approximate surface area is 114 Å². The molecule has 9 heteroatoms. The summed E-state index contributed by atoms with van der Waals surface area (Å²) < 4.78 is 26.6. The lowest BCUT2D eigenvalue weighted by Gasteiger charge is -2.13. The highest BCUT2D eigenvalue weighted by atomic mass is 32.2. The normalized spacial score (nSPS) is 13.1. The number of nitrogens with zero attached hydrogens (tertiary/aromatic N) is 2. The predicted octanol–water partition coefficient (Wildman–Crippen LogP) is 0.542. The number of carboxylic acids is 1. The first-order chi connectivity index (χ1) is 9.42. The van der Waals surface area contributed by atoms with Crippen molar-refractivity contribution < 1.29 is 18.3 Å². The highest BCUT2D eigenvalue weighted by molar-refractivity contribution is 7.89. The number of carbonyl (C=O) groups is 1. The van der Waals surface area contributed by atoms with E-state index >= 15 is 0 Å². The van der Waals surface area contributed by atoms with Crippen molar-refractivity contribution in [3.05, 3.63) is 41.9 Å². The summed E-state index contributed by atoms with van der Waals surface area (Å²) in [5.41, 5.74) is 0.253. The molecule has 2 heterocycles. The smallest absolute Gasteiger partial charge is 0.340 e. The Hall–Kier alpha value is -2.26. The molecule has 0 aliphatic carbocycles. The summed E-state index contributed by atoms with van der Waals surface area (Å²) in [5, 5.41) is 14.1. The van der Waals surface area contributed by atoms with Gasteiger partial charge in [-0.05, 0) is 18.6 Å². The van der Waals surface area contributed by atoms with Crippen LogP contribution in [0, 0.1) is 0 Å². The minimum Gasteiger partial charge on any atom is -0.478 e. The molecular weight excluding hydrogens is 284 g/mol. The minimum atomic E-state index is -4.02. The molecule has 0 radical (unpaired) electrons. The third-order valence-electron chi connectivity index (χ3n) is 2.62. The van der Waals surface area contributed by atoms with Gasteiger partial charge in [0.05, 0.1) is 6.20 Å². The number of pyridine rings is 1. The van der Waals surface area contributed by atoms with E-state index < -0.39 is 32.6 Å². The van der Waals surface area contributed by atoms with Gasteiger partial charge in [0.1, 0.15) is 5.56 Å². The topological polar surface area (TPSA) is 125 Å². The Morgan fingerprint density at radius 1 is 1.45 bits per heavy atom. The molecule has 8 nitrogen and oxygen atoms in total. The fourth-order valence-corrected chi connectivity index (χ4v) is 2.95. The van der Waals surface area contributed by atoms with Crippen molar-refractivity contribution in [2.24, 2.45) is 0 Å². The van der Waals surface area contributed by atoms with E-state index in [-0.39, 0.29) is 0 Å². The second kappa shape index (κ2) is 5.39. The van der Waals surface area contributed by atoms with E-state index in [1.54, 1.807) is 25.3 Å². The Bertz CT molecular complexity index is 711. The van der Waals surface area contributed by atoms with Crippen molar-refractivity contribution >= 4 is 16.0 Å². The van der Waals surface area contributed by atoms with Crippen LogP contribution in [0.25, 0.3) is 0 Å². The van der Waals surface area contributed by atoms with Crippen LogP contribution in [0.5, 0.6) is 0 Å². The van der Waals surface area contributed by atoms with Gasteiger partial charge in [0.25, 0.3) is 10.0 Å². The lowest BCUT2D eigenvalue weighted by atomic mass is 10.2. The average Bonchev–Trinajstić information content (AvgIpc) is 2.89. The second-order valence-electron chi connectivity index (χ2n) is 4.05. The molecule has 0 fully saturated rings. The van der Waals surface area contributed by atoms with Crippen LogP contribution in [0.2, 0.25) is 0 Å². The maximum absolute atomic E-state index is 12.1. The summed E-state index contributed by atoms with van der Waals surface area (Å²) >= 11 is 0. The molecule has 0 saturated carbocycles. The largest absolute Gasteiger partial charge is 0.478 e. The monoisotopic (exact) mass is 296 g/mol. The van der Waals surface area contributed by atoms with E-state index in [9.17, 15) is 13.2 Å². The van der Waals surface area contributed by atoms with Crippen LogP contribution < -0.4 is 4.72 Å². The molecule has 2 aromatic heterocycles. The molecule has 0 aliphatic rings. The SMILES string of the molecule is C[C@H](NS(=O)(=O)c1[nH]ncc1C(=O)O)c1cccnc1. The third-order valence-corrected chi connectivity index (χ3v) is 4.13. The predicted molar refractivity (Wildman–Crippen MR) is 68.5 cm³/mol. The first kappa shape index (κ1) is 14.2. The quantitative estimate of drug-likeness (QED) is 0.739. The van der Waals surface area contributed by atoms with Gasteiger partial charge in [-0.3, -0.25) is 10.1 Å². The first-order valence-corrected chi connectivity index (χ1v) is 7.09. The number of nitrogens with one attached hydrogen (secondary N) is 2. The molecule has 0 saturated heterocycles. The van der Waals surface area contributed by atoms with Gasteiger partial charge in [0.2, 0.25) is 0 Å². The molecule has 0 unspecified atom stereocenters. The van der Waals surface area contributed by atoms with Gasteiger partial charge in [-0.25, -0.2) is 17.9 Å². The molecule has 2 aromatic rings. The summed E-state index contributed by atoms with van der Waals surface area (Å²) in [5.74, 6) is -1.37. The number of H-pyrrole nitrogens is 1. The van der Waals surface area contributed by atoms with Crippen molar-refractivity contribution in [3.63, 3.8) is 0 Å². The zero-order chi connectivity index (χ0) is 14.8. The van der Waals surface area contributed by atoms with Crippen LogP contribution in [-0.2, 0) is 10.0 Å². The second-order valence-corrected chi connectivity index (χ2v) is 5.70. The first-order valence-electron chi connectivity index (χ1n) is 5.60. The fraction of sp³-hybridized carbons (Fsp3) is 0.182. The van der Waals surface area contributed by atoms with E-state index in [4.69, 9.17) is 5.11 Å². The summed E-state index contributed by atoms with van der Waals surface area (Å²) in [6, 6.07) is 2.84. The number of aromatic carboxylic acids is 1. The van der Waals surface area contributed by atoms with Gasteiger partial charge in [0.15, 0.2) is 5.03 Å². The molecule has 0 aromatic carbocycles. The van der Waals surface area contributed by atoms with E-state index in [0.717, 1.165) is 6.20 Å². The zero-order valence-electron chi connectivity index (χ0n) is 10.4. The summed E-state index contributed by atoms with van der Waals surface area (Å²) in [4.78, 5) is 14.8. The minimum absolute atomic E-state index is 0.407. The van der Waals surface area contributed by atoms with E-state index in [2.05, 4.69) is 19.9 Å². The molecule has 0 spiro atoms. The molecule has 0 amide bonds. The zero-order valence-corrected chi connectivity index (χ0v) is 11.3. The molecule has 1 atom stereocenters. The van der Waals surface area contributed by atoms with Gasteiger partial charge in [-0.15, -0.1) is 0 Å². The summed E-state index contributed by atoms with van der Waals surface area (Å²) in [6.07, 6.45) is 4.05. The standard InChI is InChI=1S/C11H12N4O4S/c1-7(8-3-2-4-12-5-8)15-20(18,19)10-9(11(16)17)6-13-14-10/h2-7,15H,1H3,(H,13,14)(H,16,17)/t7-/m0/s1. The Morgan fingerprint density at radius 2 is 2.20 bits per heavy atom. The molecule has 0 bridgehead atoms. The molecule has 20 heavy (non-hydrogen) atoms. The maximum Gasteiger partial charge on any atom is 0.340 e. The molecular formula is C11H12N4O4S. The Morgan fingerprint density at radius 3 is 2.80 bits per heavy atom. The number of rotatable bonds is 5. The average molecular weight is 296 g/mol. The van der Waals surface area contributed by atoms with Gasteiger partial charge in [-0.2, -0.15) is 5.10 Å². The van der Waals surface area contributed by atoms with E-state index in [0.29, 0.717) is 5.56 Å². The molecule has 106 valence electrons. The Balaban J connectivity index is 2.28. The number of aromatic amines is 1. The van der Waals surface area contributed by atoms with Gasteiger partial charge >= 0.3 is 5.97 Å². The van der Waals surface area contributed by atoms with Crippen molar-refractivity contribution in [2.45, 2.75) is 18.0 Å². The summed E-state index contributed by atoms with van der Waals surface area (Å²) in [7, 11) is -4.02. The van der Waals surface area contributed by atoms with E-state index in [1.807, 2.05) is 0 Å². The van der Waals surface area contributed by atoms with Crippen LogP contribution in [0.3, 0.4) is 0 Å². The van der Waals surface area contributed by atoms with Crippen molar-refractivity contribution in [2.75, 3.05) is 0 Å². The number of aromatic nitrogens is 3. The van der Waals surface area contributed by atoms with Crippen LogP contribution in [0.1, 0.15) is 28.9 Å². The molecule has 3 N–H and O–H groups in total. The van der Waals surface area contributed by atoms with Gasteiger partial charge in [-0.1, -0.05) is 6.07 Å². The fourth-order valence-electron chi connectivity index (χ4n) is 1.62. The van der Waals surface area contributed by atoms with E-state index in [1.165, 1.54) is 6.20 Å². The number of sulfonamides is 1. The van der Waals surface area contributed by atoms with Crippen molar-refractivity contribution in [3.8, 4) is 0 Å². The number of carboxylic acid groups (broad SMARTS) is 1. The van der Waals surface area contributed by atoms with Crippen LogP contribution in [0.15, 0.2) is 35.7 Å². The third kappa shape index (κ3) is 2.83. The summed E-state index contributed by atoms with van der Waals surface area (Å²) in [6.45, 7) is 1.63. The van der Waals surface area contributed by atoms with Crippen molar-refractivity contribution in [1.82, 2.24) is 19.9 Å². The van der Waals surface area contributed by atoms with Gasteiger partial charge < -0.3 is 5.11 Å². The maximum atomic E-state index is 12.1. The van der Waals surface area contributed by atoms with Crippen molar-refractivity contribution in [1.29, 1.82) is 0 Å². The van der Waals surface area contributed by atoms with Crippen LogP contribution >= 0.6 is 0 Å². The number of hydrogen-bond donors (Lipinski definition) is 3. The lowest BCUT2D eigenvalue weighted by molar-refractivity contribution is 0.0692. The molecule has 2 rings (SSSR count). The Kier molecular flexibility index (Phi) is 3.81. The highest BCUT2D eigenvalue weighted by Gasteiger charge is 2.26.